The first-order valence-electron chi connectivity index (χ1n) is 12.2. The molecule has 0 aliphatic carbocycles. The summed E-state index contributed by atoms with van der Waals surface area (Å²) in [5.74, 6) is -0.0383. The molecular weight excluding hydrogens is 569 g/mol. The van der Waals surface area contributed by atoms with Crippen molar-refractivity contribution in [2.45, 2.75) is 101 Å². The first-order chi connectivity index (χ1) is 16.2. The Balaban J connectivity index is 4.28. The summed E-state index contributed by atoms with van der Waals surface area (Å²) in [7, 11) is 1.55. The monoisotopic (exact) mass is 615 g/mol. The minimum atomic E-state index is -0.525. The number of ether oxygens (including phenoxy) is 4. The Hall–Kier alpha value is -1.34. The number of methoxy groups -OCH3 is 1. The molecule has 0 rings (SSSR count). The topological polar surface area (TPSA) is 124 Å². The molecule has 206 valence electrons. The van der Waals surface area contributed by atoms with E-state index in [4.69, 9.17) is 18.9 Å². The number of alkyl carbamates (subject to hydrolysis) is 2. The van der Waals surface area contributed by atoms with Crippen LogP contribution in [-0.2, 0) is 23.7 Å². The van der Waals surface area contributed by atoms with Crippen molar-refractivity contribution in [3.63, 3.8) is 0 Å². The van der Waals surface area contributed by atoms with E-state index in [9.17, 15) is 14.4 Å². The van der Waals surface area contributed by atoms with Gasteiger partial charge in [0, 0.05) is 20.2 Å². The van der Waals surface area contributed by atoms with Gasteiger partial charge in [-0.05, 0) is 73.6 Å². The zero-order valence-corrected chi connectivity index (χ0v) is 24.6. The molecule has 0 aromatic rings. The first kappa shape index (κ1) is 33.7. The van der Waals surface area contributed by atoms with Crippen LogP contribution in [-0.4, -0.2) is 72.9 Å². The lowest BCUT2D eigenvalue weighted by Crippen LogP contribution is -2.42. The van der Waals surface area contributed by atoms with Crippen LogP contribution in [0, 0.1) is 0 Å². The highest BCUT2D eigenvalue weighted by molar-refractivity contribution is 14.1. The van der Waals surface area contributed by atoms with Crippen LogP contribution in [0.4, 0.5) is 9.59 Å². The van der Waals surface area contributed by atoms with Crippen molar-refractivity contribution in [3.8, 4) is 0 Å². The maximum atomic E-state index is 12.7. The fourth-order valence-corrected chi connectivity index (χ4v) is 3.49. The lowest BCUT2D eigenvalue weighted by molar-refractivity contribution is -0.122. The van der Waals surface area contributed by atoms with Crippen molar-refractivity contribution in [1.29, 1.82) is 0 Å². The molecule has 0 saturated carbocycles. The van der Waals surface area contributed by atoms with Gasteiger partial charge in [0.15, 0.2) is 0 Å². The smallest absolute Gasteiger partial charge is 0.407 e. The minimum Gasteiger partial charge on any atom is -0.444 e. The van der Waals surface area contributed by atoms with E-state index in [2.05, 4.69) is 38.5 Å². The Morgan fingerprint density at radius 2 is 1.29 bits per heavy atom. The highest BCUT2D eigenvalue weighted by atomic mass is 127. The van der Waals surface area contributed by atoms with E-state index < -0.39 is 23.4 Å². The van der Waals surface area contributed by atoms with Crippen LogP contribution >= 0.6 is 22.6 Å². The molecule has 0 heterocycles. The van der Waals surface area contributed by atoms with Gasteiger partial charge in [-0.1, -0.05) is 29.0 Å². The Bertz CT molecular complexity index is 621. The van der Waals surface area contributed by atoms with Gasteiger partial charge in [0.2, 0.25) is 5.91 Å². The summed E-state index contributed by atoms with van der Waals surface area (Å²) in [4.78, 5) is 36.0. The molecule has 0 saturated heterocycles. The largest absolute Gasteiger partial charge is 0.444 e. The van der Waals surface area contributed by atoms with Crippen LogP contribution in [0.2, 0.25) is 0 Å². The Kier molecular flexibility index (Phi) is 17.3. The molecule has 35 heavy (non-hydrogen) atoms. The number of carbonyl (C=O) groups excluding carboxylic acids is 3. The van der Waals surface area contributed by atoms with Gasteiger partial charge in [-0.2, -0.15) is 0 Å². The van der Waals surface area contributed by atoms with E-state index in [1.54, 1.807) is 7.11 Å². The number of alkyl halides is 1. The quantitative estimate of drug-likeness (QED) is 0.103. The number of rotatable bonds is 16. The number of carbonyl (C=O) groups is 3. The third kappa shape index (κ3) is 21.6. The summed E-state index contributed by atoms with van der Waals surface area (Å²) in [5.41, 5.74) is -1.05. The van der Waals surface area contributed by atoms with Crippen molar-refractivity contribution >= 4 is 40.7 Å². The second-order valence-electron chi connectivity index (χ2n) is 10.3. The molecule has 3 N–H and O–H groups in total. The number of halogens is 1. The van der Waals surface area contributed by atoms with Crippen LogP contribution in [0.5, 0.6) is 0 Å². The van der Waals surface area contributed by atoms with Crippen LogP contribution in [0.25, 0.3) is 0 Å². The average molecular weight is 616 g/mol. The SMILES string of the molecule is COCOCC(CCCCNC(=O)OC(C)(C)C)NC(=O)C(I)CCCCNC(=O)OC(C)(C)C. The highest BCUT2D eigenvalue weighted by Gasteiger charge is 2.20. The van der Waals surface area contributed by atoms with Crippen LogP contribution in [0.1, 0.15) is 80.1 Å². The van der Waals surface area contributed by atoms with Gasteiger partial charge in [0.1, 0.15) is 18.0 Å². The first-order valence-corrected chi connectivity index (χ1v) is 13.4. The molecule has 0 aromatic carbocycles. The fraction of sp³-hybridized carbons (Fsp3) is 0.875. The normalized spacial score (nSPS) is 13.5. The summed E-state index contributed by atoms with van der Waals surface area (Å²) in [6, 6.07) is -0.148. The molecule has 3 amide bonds. The number of hydrogen-bond donors (Lipinski definition) is 3. The summed E-state index contributed by atoms with van der Waals surface area (Å²) in [5, 5.41) is 8.53. The average Bonchev–Trinajstić information content (AvgIpc) is 2.70. The molecule has 0 radical (unpaired) electrons. The molecular formula is C24H46IN3O7. The van der Waals surface area contributed by atoms with Crippen molar-refractivity contribution < 1.29 is 33.3 Å². The molecule has 2 atom stereocenters. The maximum absolute atomic E-state index is 12.7. The molecule has 0 fully saturated rings. The molecule has 11 heteroatoms. The van der Waals surface area contributed by atoms with E-state index in [1.807, 2.05) is 41.5 Å². The van der Waals surface area contributed by atoms with Gasteiger partial charge >= 0.3 is 12.2 Å². The van der Waals surface area contributed by atoms with E-state index in [1.165, 1.54) is 0 Å². The molecule has 10 nitrogen and oxygen atoms in total. The molecule has 0 spiro atoms. The van der Waals surface area contributed by atoms with Gasteiger partial charge < -0.3 is 34.9 Å². The Morgan fingerprint density at radius 3 is 1.74 bits per heavy atom. The third-order valence-electron chi connectivity index (χ3n) is 4.35. The number of unbranched alkanes of at least 4 members (excludes halogenated alkanes) is 2. The summed E-state index contributed by atoms with van der Waals surface area (Å²) >= 11 is 2.15. The van der Waals surface area contributed by atoms with Gasteiger partial charge in [-0.15, -0.1) is 0 Å². The van der Waals surface area contributed by atoms with Crippen molar-refractivity contribution in [2.24, 2.45) is 0 Å². The molecule has 0 aliphatic rings. The summed E-state index contributed by atoms with van der Waals surface area (Å²) in [6.07, 6.45) is 3.69. The van der Waals surface area contributed by atoms with Gasteiger partial charge in [-0.25, -0.2) is 9.59 Å². The molecule has 0 aromatic heterocycles. The molecule has 0 aliphatic heterocycles. The molecule has 2 unspecified atom stereocenters. The molecule has 0 bridgehead atoms. The lowest BCUT2D eigenvalue weighted by atomic mass is 10.1. The van der Waals surface area contributed by atoms with Crippen LogP contribution in [0.15, 0.2) is 0 Å². The zero-order chi connectivity index (χ0) is 26.9. The summed E-state index contributed by atoms with van der Waals surface area (Å²) < 4.78 is 20.6. The lowest BCUT2D eigenvalue weighted by Gasteiger charge is -2.21. The van der Waals surface area contributed by atoms with Gasteiger partial charge in [0.25, 0.3) is 0 Å². The second-order valence-corrected chi connectivity index (χ2v) is 11.8. The highest BCUT2D eigenvalue weighted by Crippen LogP contribution is 2.13. The van der Waals surface area contributed by atoms with Crippen LogP contribution < -0.4 is 16.0 Å². The van der Waals surface area contributed by atoms with Gasteiger partial charge in [0.05, 0.1) is 16.6 Å². The van der Waals surface area contributed by atoms with E-state index in [0.717, 1.165) is 25.7 Å². The number of amides is 3. The van der Waals surface area contributed by atoms with Crippen LogP contribution in [0.3, 0.4) is 0 Å². The number of nitrogens with one attached hydrogen (secondary N) is 3. The summed E-state index contributed by atoms with van der Waals surface area (Å²) in [6.45, 7) is 12.4. The second kappa shape index (κ2) is 18.0. The number of hydrogen-bond acceptors (Lipinski definition) is 7. The predicted octanol–water partition coefficient (Wildman–Crippen LogP) is 4.29. The van der Waals surface area contributed by atoms with E-state index in [-0.39, 0.29) is 22.7 Å². The Morgan fingerprint density at radius 1 is 0.800 bits per heavy atom. The zero-order valence-electron chi connectivity index (χ0n) is 22.5. The van der Waals surface area contributed by atoms with Crippen molar-refractivity contribution in [1.82, 2.24) is 16.0 Å². The predicted molar refractivity (Wildman–Crippen MR) is 144 cm³/mol. The minimum absolute atomic E-state index is 0.0383. The van der Waals surface area contributed by atoms with Crippen molar-refractivity contribution in [3.05, 3.63) is 0 Å². The van der Waals surface area contributed by atoms with Crippen molar-refractivity contribution in [2.75, 3.05) is 33.6 Å². The standard InChI is InChI=1S/C24H46IN3O7/c1-23(2,3)34-21(30)26-14-10-8-12-18(16-33-17-32-7)28-20(29)19(25)13-9-11-15-27-22(31)35-24(4,5)6/h18-19H,8-17H2,1-7H3,(H,26,30)(H,27,31)(H,28,29). The van der Waals surface area contributed by atoms with Gasteiger partial charge in [-0.3, -0.25) is 4.79 Å². The van der Waals surface area contributed by atoms with E-state index >= 15 is 0 Å². The Labute approximate surface area is 224 Å². The van der Waals surface area contributed by atoms with E-state index in [0.29, 0.717) is 32.5 Å². The third-order valence-corrected chi connectivity index (χ3v) is 5.54. The maximum Gasteiger partial charge on any atom is 0.407 e. The fourth-order valence-electron chi connectivity index (χ4n) is 2.87.